The summed E-state index contributed by atoms with van der Waals surface area (Å²) in [5.74, 6) is -0.165. The van der Waals surface area contributed by atoms with Crippen LogP contribution in [-0.4, -0.2) is 22.5 Å². The van der Waals surface area contributed by atoms with Gasteiger partial charge in [0, 0.05) is 30.7 Å². The van der Waals surface area contributed by atoms with E-state index in [2.05, 4.69) is 15.3 Å². The number of aromatic nitrogens is 2. The number of amides is 1. The van der Waals surface area contributed by atoms with Crippen molar-refractivity contribution in [3.05, 3.63) is 78.5 Å². The molecule has 1 amide bonds. The van der Waals surface area contributed by atoms with Gasteiger partial charge in [0.2, 0.25) is 0 Å². The molecule has 0 aliphatic carbocycles. The first-order valence-corrected chi connectivity index (χ1v) is 7.71. The quantitative estimate of drug-likeness (QED) is 0.751. The van der Waals surface area contributed by atoms with Crippen molar-refractivity contribution in [2.45, 2.75) is 6.54 Å². The molecule has 0 fully saturated rings. The summed E-state index contributed by atoms with van der Waals surface area (Å²) in [6.07, 6.45) is 5.13. The first-order valence-electron chi connectivity index (χ1n) is 7.71. The lowest BCUT2D eigenvalue weighted by atomic mass is 10.1. The highest BCUT2D eigenvalue weighted by molar-refractivity contribution is 5.77. The number of benzene rings is 1. The normalized spacial score (nSPS) is 10.3. The first kappa shape index (κ1) is 16.6. The maximum absolute atomic E-state index is 12.8. The number of nitrogens with zero attached hydrogens (tertiary/aromatic N) is 2. The largest absolute Gasteiger partial charge is 0.484 e. The molecule has 25 heavy (non-hydrogen) atoms. The number of carbonyl (C=O) groups is 1. The van der Waals surface area contributed by atoms with Crippen LogP contribution in [0.5, 0.6) is 5.75 Å². The number of rotatable bonds is 6. The first-order chi connectivity index (χ1) is 12.2. The molecule has 0 unspecified atom stereocenters. The summed E-state index contributed by atoms with van der Waals surface area (Å²) in [7, 11) is 0. The number of carbonyl (C=O) groups excluding carboxylic acids is 1. The molecule has 0 aliphatic rings. The van der Waals surface area contributed by atoms with Crippen molar-refractivity contribution < 1.29 is 13.9 Å². The Morgan fingerprint density at radius 3 is 2.72 bits per heavy atom. The Bertz CT molecular complexity index is 839. The maximum Gasteiger partial charge on any atom is 0.258 e. The van der Waals surface area contributed by atoms with Gasteiger partial charge >= 0.3 is 0 Å². The molecule has 2 heterocycles. The minimum atomic E-state index is -0.348. The van der Waals surface area contributed by atoms with Crippen LogP contribution in [0, 0.1) is 5.82 Å². The number of nitrogens with one attached hydrogen (secondary N) is 1. The van der Waals surface area contributed by atoms with E-state index in [0.717, 1.165) is 16.8 Å². The Morgan fingerprint density at radius 1 is 1.12 bits per heavy atom. The van der Waals surface area contributed by atoms with Crippen LogP contribution in [0.25, 0.3) is 11.3 Å². The zero-order valence-electron chi connectivity index (χ0n) is 13.4. The van der Waals surface area contributed by atoms with E-state index in [1.165, 1.54) is 24.3 Å². The average molecular weight is 337 g/mol. The van der Waals surface area contributed by atoms with Gasteiger partial charge in [-0.2, -0.15) is 0 Å². The highest BCUT2D eigenvalue weighted by atomic mass is 19.1. The van der Waals surface area contributed by atoms with Gasteiger partial charge in [-0.25, -0.2) is 4.39 Å². The zero-order chi connectivity index (χ0) is 17.5. The fraction of sp³-hybridized carbons (Fsp3) is 0.105. The number of hydrogen-bond acceptors (Lipinski definition) is 4. The van der Waals surface area contributed by atoms with Crippen molar-refractivity contribution in [2.24, 2.45) is 0 Å². The third kappa shape index (κ3) is 4.84. The van der Waals surface area contributed by atoms with Gasteiger partial charge in [-0.3, -0.25) is 14.8 Å². The van der Waals surface area contributed by atoms with Crippen molar-refractivity contribution in [1.29, 1.82) is 0 Å². The van der Waals surface area contributed by atoms with Crippen LogP contribution < -0.4 is 10.1 Å². The minimum Gasteiger partial charge on any atom is -0.484 e. The van der Waals surface area contributed by atoms with Gasteiger partial charge in [-0.15, -0.1) is 0 Å². The fourth-order valence-electron chi connectivity index (χ4n) is 2.19. The van der Waals surface area contributed by atoms with Crippen molar-refractivity contribution in [3.63, 3.8) is 0 Å². The average Bonchev–Trinajstić information content (AvgIpc) is 2.67. The van der Waals surface area contributed by atoms with Crippen LogP contribution in [0.15, 0.2) is 67.1 Å². The van der Waals surface area contributed by atoms with Gasteiger partial charge in [-0.05, 0) is 54.1 Å². The molecule has 1 N–H and O–H groups in total. The second kappa shape index (κ2) is 8.01. The molecule has 0 spiro atoms. The van der Waals surface area contributed by atoms with Crippen molar-refractivity contribution in [1.82, 2.24) is 15.3 Å². The van der Waals surface area contributed by atoms with Crippen LogP contribution in [0.1, 0.15) is 5.56 Å². The lowest BCUT2D eigenvalue weighted by Gasteiger charge is -2.08. The molecule has 0 atom stereocenters. The number of halogens is 1. The zero-order valence-corrected chi connectivity index (χ0v) is 13.4. The van der Waals surface area contributed by atoms with Crippen LogP contribution in [0.3, 0.4) is 0 Å². The Balaban J connectivity index is 1.53. The van der Waals surface area contributed by atoms with E-state index >= 15 is 0 Å². The molecule has 3 rings (SSSR count). The predicted octanol–water partition coefficient (Wildman–Crippen LogP) is 2.98. The molecule has 0 aliphatic heterocycles. The second-order valence-corrected chi connectivity index (χ2v) is 5.31. The van der Waals surface area contributed by atoms with Crippen molar-refractivity contribution in [3.8, 4) is 17.0 Å². The van der Waals surface area contributed by atoms with E-state index in [0.29, 0.717) is 12.3 Å². The Labute approximate surface area is 144 Å². The summed E-state index contributed by atoms with van der Waals surface area (Å²) in [4.78, 5) is 20.3. The summed E-state index contributed by atoms with van der Waals surface area (Å²) < 4.78 is 18.1. The van der Waals surface area contributed by atoms with Crippen LogP contribution in [0.2, 0.25) is 0 Å². The van der Waals surface area contributed by atoms with E-state index in [4.69, 9.17) is 4.74 Å². The Morgan fingerprint density at radius 2 is 1.96 bits per heavy atom. The maximum atomic E-state index is 12.8. The molecule has 1 aromatic carbocycles. The highest BCUT2D eigenvalue weighted by Crippen LogP contribution is 2.16. The summed E-state index contributed by atoms with van der Waals surface area (Å²) in [5, 5.41) is 2.78. The van der Waals surface area contributed by atoms with E-state index in [-0.39, 0.29) is 18.3 Å². The van der Waals surface area contributed by atoms with E-state index in [1.54, 1.807) is 18.6 Å². The van der Waals surface area contributed by atoms with Crippen molar-refractivity contribution >= 4 is 5.91 Å². The molecule has 0 radical (unpaired) electrons. The molecular weight excluding hydrogens is 321 g/mol. The van der Waals surface area contributed by atoms with Gasteiger partial charge in [-0.1, -0.05) is 0 Å². The van der Waals surface area contributed by atoms with Crippen LogP contribution in [0.4, 0.5) is 4.39 Å². The van der Waals surface area contributed by atoms with Gasteiger partial charge in [0.15, 0.2) is 6.61 Å². The number of hydrogen-bond donors (Lipinski definition) is 1. The number of pyridine rings is 2. The lowest BCUT2D eigenvalue weighted by molar-refractivity contribution is -0.123. The third-order valence-electron chi connectivity index (χ3n) is 3.45. The molecular formula is C19H16FN3O2. The van der Waals surface area contributed by atoms with Gasteiger partial charge in [0.25, 0.3) is 5.91 Å². The Kier molecular flexibility index (Phi) is 5.31. The lowest BCUT2D eigenvalue weighted by Crippen LogP contribution is -2.28. The molecule has 126 valence electrons. The molecule has 2 aromatic heterocycles. The van der Waals surface area contributed by atoms with Crippen LogP contribution >= 0.6 is 0 Å². The third-order valence-corrected chi connectivity index (χ3v) is 3.45. The monoisotopic (exact) mass is 337 g/mol. The minimum absolute atomic E-state index is 0.133. The smallest absolute Gasteiger partial charge is 0.258 e. The fourth-order valence-corrected chi connectivity index (χ4v) is 2.19. The van der Waals surface area contributed by atoms with Crippen LogP contribution in [-0.2, 0) is 11.3 Å². The van der Waals surface area contributed by atoms with Crippen molar-refractivity contribution in [2.75, 3.05) is 6.61 Å². The molecule has 3 aromatic rings. The highest BCUT2D eigenvalue weighted by Gasteiger charge is 2.05. The molecule has 0 bridgehead atoms. The topological polar surface area (TPSA) is 64.1 Å². The van der Waals surface area contributed by atoms with Gasteiger partial charge in [0.1, 0.15) is 11.6 Å². The standard InChI is InChI=1S/C19H16FN3O2/c20-16-3-5-17(6-4-16)25-13-19(24)23-11-14-7-9-22-18(10-14)15-2-1-8-21-12-15/h1-10,12H,11,13H2,(H,23,24). The predicted molar refractivity (Wildman–Crippen MR) is 91.2 cm³/mol. The molecule has 5 nitrogen and oxygen atoms in total. The summed E-state index contributed by atoms with van der Waals surface area (Å²) in [6.45, 7) is 0.230. The second-order valence-electron chi connectivity index (χ2n) is 5.31. The van der Waals surface area contributed by atoms with Gasteiger partial charge < -0.3 is 10.1 Å². The summed E-state index contributed by atoms with van der Waals surface area (Å²) in [6, 6.07) is 13.0. The summed E-state index contributed by atoms with van der Waals surface area (Å²) >= 11 is 0. The number of ether oxygens (including phenoxy) is 1. The molecule has 0 saturated carbocycles. The molecule has 0 saturated heterocycles. The van der Waals surface area contributed by atoms with Gasteiger partial charge in [0.05, 0.1) is 5.69 Å². The summed E-state index contributed by atoms with van der Waals surface area (Å²) in [5.41, 5.74) is 2.63. The van der Waals surface area contributed by atoms with E-state index in [9.17, 15) is 9.18 Å². The molecule has 6 heteroatoms. The SMILES string of the molecule is O=C(COc1ccc(F)cc1)NCc1ccnc(-c2cccnc2)c1. The van der Waals surface area contributed by atoms with E-state index < -0.39 is 0 Å². The Hall–Kier alpha value is -3.28. The van der Waals surface area contributed by atoms with E-state index in [1.807, 2.05) is 24.3 Å².